The fourth-order valence-corrected chi connectivity index (χ4v) is 4.21. The molecule has 4 heterocycles. The van der Waals surface area contributed by atoms with Crippen molar-refractivity contribution in [1.82, 2.24) is 24.7 Å². The highest BCUT2D eigenvalue weighted by Crippen LogP contribution is 2.39. The number of urea groups is 1. The van der Waals surface area contributed by atoms with Crippen molar-refractivity contribution < 1.29 is 14.4 Å². The third kappa shape index (κ3) is 3.52. The number of likely N-dealkylation sites (tertiary alicyclic amines) is 1. The largest absolute Gasteiger partial charge is 0.341 e. The van der Waals surface area contributed by atoms with Crippen LogP contribution < -0.4 is 5.73 Å². The van der Waals surface area contributed by atoms with Crippen molar-refractivity contribution in [3.05, 3.63) is 60.2 Å². The highest BCUT2D eigenvalue weighted by atomic mass is 16.2. The van der Waals surface area contributed by atoms with Gasteiger partial charge in [-0.1, -0.05) is 12.1 Å². The van der Waals surface area contributed by atoms with Gasteiger partial charge in [0.05, 0.1) is 25.3 Å². The van der Waals surface area contributed by atoms with Crippen molar-refractivity contribution in [2.45, 2.75) is 31.5 Å². The van der Waals surface area contributed by atoms with E-state index in [9.17, 15) is 14.4 Å². The zero-order chi connectivity index (χ0) is 21.1. The summed E-state index contributed by atoms with van der Waals surface area (Å²) in [6.45, 7) is 1.11. The normalized spacial score (nSPS) is 18.4. The standard InChI is InChI=1S/C21H24N6O3/c22-12-18(28)25-10-6-21(7-11-25)19(29)26(15-17-5-1-2-9-24-17)20(30)27(21)14-16-4-3-8-23-13-16/h1-5,8-9,13H,6-7,10-12,14-15,22H2. The highest BCUT2D eigenvalue weighted by Gasteiger charge is 2.58. The first-order valence-corrected chi connectivity index (χ1v) is 9.95. The number of carbonyl (C=O) groups excluding carboxylic acids is 3. The first-order valence-electron chi connectivity index (χ1n) is 9.95. The first-order chi connectivity index (χ1) is 14.5. The third-order valence-corrected chi connectivity index (χ3v) is 5.85. The number of hydrogen-bond donors (Lipinski definition) is 1. The minimum Gasteiger partial charge on any atom is -0.341 e. The van der Waals surface area contributed by atoms with Crippen LogP contribution >= 0.6 is 0 Å². The quantitative estimate of drug-likeness (QED) is 0.731. The van der Waals surface area contributed by atoms with Crippen molar-refractivity contribution >= 4 is 17.8 Å². The molecule has 2 N–H and O–H groups in total. The zero-order valence-electron chi connectivity index (χ0n) is 16.6. The molecule has 9 nitrogen and oxygen atoms in total. The van der Waals surface area contributed by atoms with Crippen LogP contribution in [0.15, 0.2) is 48.9 Å². The predicted octanol–water partition coefficient (Wildman–Crippen LogP) is 0.761. The Morgan fingerprint density at radius 1 is 1.07 bits per heavy atom. The van der Waals surface area contributed by atoms with Gasteiger partial charge in [-0.15, -0.1) is 0 Å². The van der Waals surface area contributed by atoms with Gasteiger partial charge < -0.3 is 15.5 Å². The maximum absolute atomic E-state index is 13.5. The maximum atomic E-state index is 13.5. The molecular weight excluding hydrogens is 384 g/mol. The van der Waals surface area contributed by atoms with Crippen molar-refractivity contribution in [2.24, 2.45) is 5.73 Å². The summed E-state index contributed by atoms with van der Waals surface area (Å²) in [6, 6.07) is 8.75. The number of nitrogens with zero attached hydrogens (tertiary/aromatic N) is 5. The molecule has 2 aromatic rings. The Balaban J connectivity index is 1.63. The molecule has 2 aromatic heterocycles. The zero-order valence-corrected chi connectivity index (χ0v) is 16.6. The maximum Gasteiger partial charge on any atom is 0.328 e. The summed E-state index contributed by atoms with van der Waals surface area (Å²) in [5.41, 5.74) is 6.00. The lowest BCUT2D eigenvalue weighted by molar-refractivity contribution is -0.140. The fraction of sp³-hybridized carbons (Fsp3) is 0.381. The van der Waals surface area contributed by atoms with Gasteiger partial charge in [0.25, 0.3) is 5.91 Å². The van der Waals surface area contributed by atoms with E-state index in [1.807, 2.05) is 12.1 Å². The molecule has 30 heavy (non-hydrogen) atoms. The summed E-state index contributed by atoms with van der Waals surface area (Å²) >= 11 is 0. The number of amides is 4. The molecule has 2 aliphatic heterocycles. The van der Waals surface area contributed by atoms with E-state index in [-0.39, 0.29) is 37.5 Å². The molecule has 4 amide bonds. The number of pyridine rings is 2. The number of imide groups is 1. The number of carbonyl (C=O) groups is 3. The SMILES string of the molecule is NCC(=O)N1CCC2(CC1)C(=O)N(Cc1ccccn1)C(=O)N2Cc1cccnc1. The van der Waals surface area contributed by atoms with E-state index in [4.69, 9.17) is 5.73 Å². The Labute approximate surface area is 174 Å². The van der Waals surface area contributed by atoms with Crippen LogP contribution in [0.2, 0.25) is 0 Å². The van der Waals surface area contributed by atoms with Gasteiger partial charge in [-0.25, -0.2) is 4.79 Å². The Morgan fingerprint density at radius 3 is 2.50 bits per heavy atom. The van der Waals surface area contributed by atoms with E-state index in [1.54, 1.807) is 46.6 Å². The molecule has 2 saturated heterocycles. The van der Waals surface area contributed by atoms with Gasteiger partial charge in [-0.2, -0.15) is 0 Å². The average molecular weight is 408 g/mol. The van der Waals surface area contributed by atoms with Crippen molar-refractivity contribution in [3.8, 4) is 0 Å². The lowest BCUT2D eigenvalue weighted by Crippen LogP contribution is -2.57. The summed E-state index contributed by atoms with van der Waals surface area (Å²) in [7, 11) is 0. The van der Waals surface area contributed by atoms with Gasteiger partial charge in [0.15, 0.2) is 0 Å². The van der Waals surface area contributed by atoms with E-state index < -0.39 is 5.54 Å². The molecule has 4 rings (SSSR count). The van der Waals surface area contributed by atoms with Crippen molar-refractivity contribution in [2.75, 3.05) is 19.6 Å². The smallest absolute Gasteiger partial charge is 0.328 e. The van der Waals surface area contributed by atoms with Gasteiger partial charge in [0.2, 0.25) is 5.91 Å². The second kappa shape index (κ2) is 8.19. The molecule has 0 bridgehead atoms. The third-order valence-electron chi connectivity index (χ3n) is 5.85. The highest BCUT2D eigenvalue weighted by molar-refractivity contribution is 6.07. The number of rotatable bonds is 5. The van der Waals surface area contributed by atoms with E-state index in [0.717, 1.165) is 5.56 Å². The number of hydrogen-bond acceptors (Lipinski definition) is 6. The summed E-state index contributed by atoms with van der Waals surface area (Å²) in [5.74, 6) is -0.382. The average Bonchev–Trinajstić information content (AvgIpc) is 2.97. The van der Waals surface area contributed by atoms with Crippen LogP contribution in [0.25, 0.3) is 0 Å². The Hall–Kier alpha value is -3.33. The second-order valence-corrected chi connectivity index (χ2v) is 7.56. The van der Waals surface area contributed by atoms with Crippen LogP contribution in [0.1, 0.15) is 24.1 Å². The van der Waals surface area contributed by atoms with E-state index in [0.29, 0.717) is 31.6 Å². The lowest BCUT2D eigenvalue weighted by atomic mass is 9.85. The molecule has 9 heteroatoms. The van der Waals surface area contributed by atoms with Crippen molar-refractivity contribution in [3.63, 3.8) is 0 Å². The predicted molar refractivity (Wildman–Crippen MR) is 108 cm³/mol. The lowest BCUT2D eigenvalue weighted by Gasteiger charge is -2.42. The van der Waals surface area contributed by atoms with Crippen molar-refractivity contribution in [1.29, 1.82) is 0 Å². The number of nitrogens with two attached hydrogens (primary N) is 1. The topological polar surface area (TPSA) is 113 Å². The number of aromatic nitrogens is 2. The molecular formula is C21H24N6O3. The van der Waals surface area contributed by atoms with Crippen LogP contribution in [-0.4, -0.2) is 67.7 Å². The molecule has 2 aliphatic rings. The van der Waals surface area contributed by atoms with E-state index in [2.05, 4.69) is 9.97 Å². The number of piperidine rings is 1. The van der Waals surface area contributed by atoms with E-state index >= 15 is 0 Å². The monoisotopic (exact) mass is 408 g/mol. The molecule has 2 fully saturated rings. The summed E-state index contributed by atoms with van der Waals surface area (Å²) < 4.78 is 0. The van der Waals surface area contributed by atoms with Crippen LogP contribution in [0.3, 0.4) is 0 Å². The Kier molecular flexibility index (Phi) is 5.45. The van der Waals surface area contributed by atoms with Gasteiger partial charge in [-0.05, 0) is 36.6 Å². The first kappa shape index (κ1) is 20.0. The molecule has 0 radical (unpaired) electrons. The summed E-state index contributed by atoms with van der Waals surface area (Å²) in [4.78, 5) is 51.8. The molecule has 0 atom stereocenters. The fourth-order valence-electron chi connectivity index (χ4n) is 4.21. The minimum absolute atomic E-state index is 0.0644. The molecule has 156 valence electrons. The van der Waals surface area contributed by atoms with Crippen LogP contribution in [0.5, 0.6) is 0 Å². The Bertz CT molecular complexity index is 928. The van der Waals surface area contributed by atoms with E-state index in [1.165, 1.54) is 4.90 Å². The summed E-state index contributed by atoms with van der Waals surface area (Å²) in [6.07, 6.45) is 5.76. The van der Waals surface area contributed by atoms with Gasteiger partial charge in [0, 0.05) is 31.7 Å². The van der Waals surface area contributed by atoms with Gasteiger partial charge in [0.1, 0.15) is 5.54 Å². The van der Waals surface area contributed by atoms with Crippen LogP contribution in [-0.2, 0) is 22.7 Å². The molecule has 1 spiro atoms. The molecule has 0 unspecified atom stereocenters. The summed E-state index contributed by atoms with van der Waals surface area (Å²) in [5, 5.41) is 0. The Morgan fingerprint density at radius 2 is 1.87 bits per heavy atom. The molecule has 0 saturated carbocycles. The molecule has 0 aromatic carbocycles. The minimum atomic E-state index is -0.979. The van der Waals surface area contributed by atoms with Crippen LogP contribution in [0.4, 0.5) is 4.79 Å². The molecule has 0 aliphatic carbocycles. The van der Waals surface area contributed by atoms with Gasteiger partial charge >= 0.3 is 6.03 Å². The second-order valence-electron chi connectivity index (χ2n) is 7.56. The van der Waals surface area contributed by atoms with Gasteiger partial charge in [-0.3, -0.25) is 24.5 Å². The van der Waals surface area contributed by atoms with Crippen LogP contribution in [0, 0.1) is 0 Å².